The summed E-state index contributed by atoms with van der Waals surface area (Å²) < 4.78 is 5.26. The van der Waals surface area contributed by atoms with E-state index in [0.717, 1.165) is 6.42 Å². The summed E-state index contributed by atoms with van der Waals surface area (Å²) in [6.45, 7) is 5.65. The molecule has 0 radical (unpaired) electrons. The molecular weight excluding hydrogens is 336 g/mol. The molecule has 0 aromatic carbocycles. The number of carbonyl (C=O) groups is 2. The summed E-state index contributed by atoms with van der Waals surface area (Å²) >= 11 is 0. The van der Waals surface area contributed by atoms with Gasteiger partial charge in [0.05, 0.1) is 0 Å². The van der Waals surface area contributed by atoms with E-state index in [-0.39, 0.29) is 11.9 Å². The molecule has 3 rings (SSSR count). The van der Waals surface area contributed by atoms with Crippen LogP contribution in [0.15, 0.2) is 28.9 Å². The Balaban J connectivity index is 1.59. The second-order valence-corrected chi connectivity index (χ2v) is 6.19. The van der Waals surface area contributed by atoms with Gasteiger partial charge in [0.1, 0.15) is 11.7 Å². The first kappa shape index (κ1) is 17.8. The van der Waals surface area contributed by atoms with E-state index in [4.69, 9.17) is 4.52 Å². The maximum atomic E-state index is 12.5. The van der Waals surface area contributed by atoms with Gasteiger partial charge in [-0.2, -0.15) is 4.98 Å². The molecule has 0 spiro atoms. The monoisotopic (exact) mass is 358 g/mol. The first-order chi connectivity index (χ1) is 12.5. The van der Waals surface area contributed by atoms with E-state index in [1.54, 1.807) is 35.9 Å². The van der Waals surface area contributed by atoms with Crippen molar-refractivity contribution in [3.8, 4) is 11.5 Å². The van der Waals surface area contributed by atoms with Crippen LogP contribution in [0, 0.1) is 0 Å². The van der Waals surface area contributed by atoms with E-state index in [1.165, 1.54) is 0 Å². The molecule has 0 unspecified atom stereocenters. The van der Waals surface area contributed by atoms with Gasteiger partial charge in [-0.1, -0.05) is 11.2 Å². The molecule has 1 aliphatic rings. The second-order valence-electron chi connectivity index (χ2n) is 6.19. The van der Waals surface area contributed by atoms with Crippen molar-refractivity contribution in [3.05, 3.63) is 30.3 Å². The minimum atomic E-state index is -0.431. The van der Waals surface area contributed by atoms with Gasteiger partial charge in [0, 0.05) is 39.3 Å². The van der Waals surface area contributed by atoms with Gasteiger partial charge in [0.15, 0.2) is 0 Å². The number of urea groups is 1. The van der Waals surface area contributed by atoms with E-state index in [9.17, 15) is 9.59 Å². The molecule has 1 saturated heterocycles. The van der Waals surface area contributed by atoms with Crippen molar-refractivity contribution in [2.24, 2.45) is 0 Å². The lowest BCUT2D eigenvalue weighted by Gasteiger charge is -2.23. The van der Waals surface area contributed by atoms with Gasteiger partial charge in [-0.05, 0) is 25.5 Å². The van der Waals surface area contributed by atoms with Gasteiger partial charge in [0.2, 0.25) is 17.6 Å². The SMILES string of the molecule is CC(=O)N1CCCN(C(=O)N[C@@H](C)c2nc(-c3ccccn3)no2)CC1. The molecule has 1 aliphatic heterocycles. The van der Waals surface area contributed by atoms with Gasteiger partial charge in [-0.15, -0.1) is 0 Å². The Labute approximate surface area is 151 Å². The largest absolute Gasteiger partial charge is 0.341 e. The molecule has 0 saturated carbocycles. The zero-order valence-corrected chi connectivity index (χ0v) is 14.9. The van der Waals surface area contributed by atoms with E-state index in [0.29, 0.717) is 43.6 Å². The van der Waals surface area contributed by atoms with Crippen LogP contribution in [0.5, 0.6) is 0 Å². The van der Waals surface area contributed by atoms with Crippen LogP contribution in [0.4, 0.5) is 4.79 Å². The highest BCUT2D eigenvalue weighted by Gasteiger charge is 2.23. The Hall–Kier alpha value is -2.97. The lowest BCUT2D eigenvalue weighted by atomic mass is 10.3. The predicted octanol–water partition coefficient (Wildman–Crippen LogP) is 1.46. The molecule has 9 heteroatoms. The molecule has 0 bridgehead atoms. The molecule has 0 aliphatic carbocycles. The zero-order valence-electron chi connectivity index (χ0n) is 14.9. The molecular formula is C17H22N6O3. The van der Waals surface area contributed by atoms with Crippen LogP contribution in [0.1, 0.15) is 32.2 Å². The molecule has 9 nitrogen and oxygen atoms in total. The first-order valence-corrected chi connectivity index (χ1v) is 8.60. The van der Waals surface area contributed by atoms with Crippen LogP contribution in [-0.4, -0.2) is 63.0 Å². The molecule has 1 fully saturated rings. The highest BCUT2D eigenvalue weighted by Crippen LogP contribution is 2.16. The van der Waals surface area contributed by atoms with Crippen LogP contribution in [-0.2, 0) is 4.79 Å². The summed E-state index contributed by atoms with van der Waals surface area (Å²) in [5.74, 6) is 0.737. The Morgan fingerprint density at radius 1 is 1.19 bits per heavy atom. The van der Waals surface area contributed by atoms with Crippen LogP contribution >= 0.6 is 0 Å². The fraction of sp³-hybridized carbons (Fsp3) is 0.471. The van der Waals surface area contributed by atoms with Gasteiger partial charge >= 0.3 is 6.03 Å². The highest BCUT2D eigenvalue weighted by molar-refractivity contribution is 5.75. The van der Waals surface area contributed by atoms with Crippen molar-refractivity contribution in [1.29, 1.82) is 0 Å². The van der Waals surface area contributed by atoms with Crippen molar-refractivity contribution < 1.29 is 14.1 Å². The van der Waals surface area contributed by atoms with Crippen molar-refractivity contribution in [1.82, 2.24) is 30.2 Å². The number of pyridine rings is 1. The molecule has 1 N–H and O–H groups in total. The van der Waals surface area contributed by atoms with Gasteiger partial charge in [-0.25, -0.2) is 4.79 Å². The molecule has 138 valence electrons. The van der Waals surface area contributed by atoms with Gasteiger partial charge in [-0.3, -0.25) is 9.78 Å². The summed E-state index contributed by atoms with van der Waals surface area (Å²) in [6, 6.07) is 4.80. The minimum Gasteiger partial charge on any atom is -0.341 e. The average Bonchev–Trinajstić information content (AvgIpc) is 3.00. The highest BCUT2D eigenvalue weighted by atomic mass is 16.5. The lowest BCUT2D eigenvalue weighted by Crippen LogP contribution is -2.43. The maximum absolute atomic E-state index is 12.5. The molecule has 2 aromatic heterocycles. The van der Waals surface area contributed by atoms with E-state index in [1.807, 2.05) is 12.1 Å². The van der Waals surface area contributed by atoms with Crippen molar-refractivity contribution in [3.63, 3.8) is 0 Å². The smallest absolute Gasteiger partial charge is 0.318 e. The molecule has 1 atom stereocenters. The summed E-state index contributed by atoms with van der Waals surface area (Å²) in [6.07, 6.45) is 2.41. The van der Waals surface area contributed by atoms with E-state index in [2.05, 4.69) is 20.4 Å². The third-order valence-electron chi connectivity index (χ3n) is 4.27. The van der Waals surface area contributed by atoms with Gasteiger partial charge in [0.25, 0.3) is 0 Å². The minimum absolute atomic E-state index is 0.0357. The molecule has 3 heterocycles. The summed E-state index contributed by atoms with van der Waals surface area (Å²) in [5, 5.41) is 6.78. The maximum Gasteiger partial charge on any atom is 0.318 e. The number of hydrogen-bond donors (Lipinski definition) is 1. The summed E-state index contributed by atoms with van der Waals surface area (Å²) in [4.78, 5) is 35.9. The first-order valence-electron chi connectivity index (χ1n) is 8.60. The number of aromatic nitrogens is 3. The lowest BCUT2D eigenvalue weighted by molar-refractivity contribution is -0.128. The number of nitrogens with one attached hydrogen (secondary N) is 1. The Bertz CT molecular complexity index is 763. The Morgan fingerprint density at radius 3 is 2.69 bits per heavy atom. The number of nitrogens with zero attached hydrogens (tertiary/aromatic N) is 5. The van der Waals surface area contributed by atoms with Crippen molar-refractivity contribution in [2.75, 3.05) is 26.2 Å². The predicted molar refractivity (Wildman–Crippen MR) is 92.9 cm³/mol. The number of amides is 3. The number of rotatable bonds is 3. The van der Waals surface area contributed by atoms with Crippen molar-refractivity contribution >= 4 is 11.9 Å². The fourth-order valence-corrected chi connectivity index (χ4v) is 2.78. The molecule has 2 aromatic rings. The standard InChI is InChI=1S/C17H22N6O3/c1-12(16-20-15(21-26-16)14-6-3-4-7-18-14)19-17(25)23-9-5-8-22(10-11-23)13(2)24/h3-4,6-7,12H,5,8-11H2,1-2H3,(H,19,25)/t12-/m0/s1. The number of hydrogen-bond acceptors (Lipinski definition) is 6. The quantitative estimate of drug-likeness (QED) is 0.891. The molecule has 3 amide bonds. The van der Waals surface area contributed by atoms with Crippen LogP contribution in [0.2, 0.25) is 0 Å². The Kier molecular flexibility index (Phi) is 5.45. The van der Waals surface area contributed by atoms with E-state index < -0.39 is 6.04 Å². The average molecular weight is 358 g/mol. The Morgan fingerprint density at radius 2 is 1.96 bits per heavy atom. The zero-order chi connectivity index (χ0) is 18.5. The second kappa shape index (κ2) is 7.94. The molecule has 26 heavy (non-hydrogen) atoms. The van der Waals surface area contributed by atoms with Crippen LogP contribution in [0.3, 0.4) is 0 Å². The summed E-state index contributed by atoms with van der Waals surface area (Å²) in [7, 11) is 0. The van der Waals surface area contributed by atoms with Crippen molar-refractivity contribution in [2.45, 2.75) is 26.3 Å². The normalized spacial score (nSPS) is 16.1. The van der Waals surface area contributed by atoms with Crippen LogP contribution in [0.25, 0.3) is 11.5 Å². The van der Waals surface area contributed by atoms with E-state index >= 15 is 0 Å². The third-order valence-corrected chi connectivity index (χ3v) is 4.27. The van der Waals surface area contributed by atoms with Gasteiger partial charge < -0.3 is 19.6 Å². The third kappa shape index (κ3) is 4.16. The number of carbonyl (C=O) groups excluding carboxylic acids is 2. The topological polar surface area (TPSA) is 104 Å². The van der Waals surface area contributed by atoms with Crippen LogP contribution < -0.4 is 5.32 Å². The summed E-state index contributed by atoms with van der Waals surface area (Å²) in [5.41, 5.74) is 0.609. The fourth-order valence-electron chi connectivity index (χ4n) is 2.78.